The molecule has 0 radical (unpaired) electrons. The zero-order chi connectivity index (χ0) is 18.5. The molecule has 1 aliphatic heterocycles. The lowest BCUT2D eigenvalue weighted by molar-refractivity contribution is -0.124. The van der Waals surface area contributed by atoms with Crippen molar-refractivity contribution in [3.05, 3.63) is 46.7 Å². The number of anilines is 2. The maximum atomic E-state index is 12.7. The summed E-state index contributed by atoms with van der Waals surface area (Å²) >= 11 is 1.68. The van der Waals surface area contributed by atoms with Crippen LogP contribution in [-0.4, -0.2) is 36.6 Å². The van der Waals surface area contributed by atoms with Crippen molar-refractivity contribution in [1.29, 1.82) is 0 Å². The zero-order valence-corrected chi connectivity index (χ0v) is 15.7. The largest absolute Gasteiger partial charge is 0.372 e. The Kier molecular flexibility index (Phi) is 5.90. The van der Waals surface area contributed by atoms with E-state index in [0.29, 0.717) is 11.4 Å². The summed E-state index contributed by atoms with van der Waals surface area (Å²) in [6.07, 6.45) is 1.45. The molecule has 2 heterocycles. The molecule has 0 saturated carbocycles. The lowest BCUT2D eigenvalue weighted by atomic mass is 10.2. The Morgan fingerprint density at radius 2 is 2.00 bits per heavy atom. The first-order valence-corrected chi connectivity index (χ1v) is 9.51. The molecular weight excluding hydrogens is 350 g/mol. The normalized spacial score (nSPS) is 17.8. The molecule has 7 heteroatoms. The molecule has 1 aromatic carbocycles. The molecule has 2 atom stereocenters. The van der Waals surface area contributed by atoms with E-state index in [9.17, 15) is 9.59 Å². The topological polar surface area (TPSA) is 70.7 Å². The maximum absolute atomic E-state index is 12.7. The minimum Gasteiger partial charge on any atom is -0.372 e. The van der Waals surface area contributed by atoms with Crippen molar-refractivity contribution in [3.8, 4) is 0 Å². The van der Waals surface area contributed by atoms with E-state index >= 15 is 0 Å². The molecule has 1 aliphatic rings. The van der Waals surface area contributed by atoms with Crippen LogP contribution in [0.4, 0.5) is 16.2 Å². The third-order valence-electron chi connectivity index (χ3n) is 4.49. The van der Waals surface area contributed by atoms with Crippen LogP contribution in [-0.2, 0) is 9.53 Å². The van der Waals surface area contributed by atoms with Gasteiger partial charge in [-0.1, -0.05) is 12.1 Å². The molecule has 138 valence electrons. The van der Waals surface area contributed by atoms with Crippen LogP contribution >= 0.6 is 11.3 Å². The number of nitrogens with zero attached hydrogens (tertiary/aromatic N) is 1. The quantitative estimate of drug-likeness (QED) is 0.829. The monoisotopic (exact) mass is 373 g/mol. The van der Waals surface area contributed by atoms with E-state index in [4.69, 9.17) is 4.74 Å². The highest BCUT2D eigenvalue weighted by molar-refractivity contribution is 7.10. The molecule has 0 unspecified atom stereocenters. The highest BCUT2D eigenvalue weighted by Crippen LogP contribution is 2.34. The number of ether oxygens (including phenoxy) is 1. The number of methoxy groups -OCH3 is 1. The van der Waals surface area contributed by atoms with Gasteiger partial charge >= 0.3 is 6.03 Å². The van der Waals surface area contributed by atoms with E-state index in [2.05, 4.69) is 16.7 Å². The van der Waals surface area contributed by atoms with Crippen molar-refractivity contribution in [3.63, 3.8) is 0 Å². The van der Waals surface area contributed by atoms with Crippen LogP contribution in [0.25, 0.3) is 0 Å². The molecule has 3 rings (SSSR count). The van der Waals surface area contributed by atoms with E-state index < -0.39 is 6.10 Å². The van der Waals surface area contributed by atoms with E-state index in [1.807, 2.05) is 22.4 Å². The van der Waals surface area contributed by atoms with E-state index in [1.165, 1.54) is 12.0 Å². The second-order valence-corrected chi connectivity index (χ2v) is 7.22. The first-order valence-electron chi connectivity index (χ1n) is 8.63. The smallest absolute Gasteiger partial charge is 0.322 e. The summed E-state index contributed by atoms with van der Waals surface area (Å²) in [4.78, 5) is 27.7. The highest BCUT2D eigenvalue weighted by Gasteiger charge is 2.30. The molecule has 1 aromatic heterocycles. The fourth-order valence-electron chi connectivity index (χ4n) is 3.01. The molecule has 2 aromatic rings. The van der Waals surface area contributed by atoms with Crippen LogP contribution in [0, 0.1) is 0 Å². The molecule has 1 saturated heterocycles. The summed E-state index contributed by atoms with van der Waals surface area (Å²) in [5, 5.41) is 7.76. The number of thiophene rings is 1. The van der Waals surface area contributed by atoms with Gasteiger partial charge in [0.1, 0.15) is 6.10 Å². The van der Waals surface area contributed by atoms with E-state index in [0.717, 1.165) is 19.4 Å². The van der Waals surface area contributed by atoms with Crippen LogP contribution in [0.3, 0.4) is 0 Å². The molecule has 2 N–H and O–H groups in total. The highest BCUT2D eigenvalue weighted by atomic mass is 32.1. The van der Waals surface area contributed by atoms with Gasteiger partial charge in [0.15, 0.2) is 0 Å². The fraction of sp³-hybridized carbons (Fsp3) is 0.368. The fourth-order valence-corrected chi connectivity index (χ4v) is 3.88. The Hall–Kier alpha value is -2.38. The Balaban J connectivity index is 1.66. The van der Waals surface area contributed by atoms with Gasteiger partial charge in [0, 0.05) is 29.9 Å². The first-order chi connectivity index (χ1) is 12.6. The Morgan fingerprint density at radius 3 is 2.69 bits per heavy atom. The van der Waals surface area contributed by atoms with Gasteiger partial charge in [-0.2, -0.15) is 0 Å². The lowest BCUT2D eigenvalue weighted by Crippen LogP contribution is -2.34. The molecule has 3 amide bonds. The number of rotatable bonds is 5. The molecule has 0 aliphatic carbocycles. The molecule has 1 fully saturated rings. The van der Waals surface area contributed by atoms with E-state index in [-0.39, 0.29) is 18.0 Å². The summed E-state index contributed by atoms with van der Waals surface area (Å²) in [5.74, 6) is -0.228. The Bertz CT molecular complexity index is 763. The Morgan fingerprint density at radius 1 is 1.23 bits per heavy atom. The number of hydrogen-bond donors (Lipinski definition) is 2. The first kappa shape index (κ1) is 18.4. The number of amides is 3. The third-order valence-corrected chi connectivity index (χ3v) is 5.46. The zero-order valence-electron chi connectivity index (χ0n) is 14.9. The van der Waals surface area contributed by atoms with Crippen molar-refractivity contribution in [2.24, 2.45) is 0 Å². The van der Waals surface area contributed by atoms with Crippen LogP contribution in [0.5, 0.6) is 0 Å². The minimum absolute atomic E-state index is 0.116. The lowest BCUT2D eigenvalue weighted by Gasteiger charge is -2.24. The van der Waals surface area contributed by atoms with Crippen molar-refractivity contribution in [2.75, 3.05) is 24.3 Å². The van der Waals surface area contributed by atoms with Gasteiger partial charge in [0.05, 0.1) is 6.04 Å². The maximum Gasteiger partial charge on any atom is 0.322 e. The summed E-state index contributed by atoms with van der Waals surface area (Å²) in [6, 6.07) is 11.2. The molecule has 0 spiro atoms. The van der Waals surface area contributed by atoms with Crippen LogP contribution in [0.2, 0.25) is 0 Å². The third kappa shape index (κ3) is 4.23. The standard InChI is InChI=1S/C19H23N3O3S/c1-13(25-2)18(23)20-14-6-3-7-15(12-14)21-19(24)22-10-4-8-16(22)17-9-5-11-26-17/h3,5-7,9,11-13,16H,4,8,10H2,1-2H3,(H,20,23)(H,21,24)/t13-,16+/m1/s1. The number of urea groups is 1. The van der Waals surface area contributed by atoms with Gasteiger partial charge in [-0.05, 0) is 49.4 Å². The van der Waals surface area contributed by atoms with Gasteiger partial charge in [-0.25, -0.2) is 4.79 Å². The number of nitrogens with one attached hydrogen (secondary N) is 2. The second-order valence-electron chi connectivity index (χ2n) is 6.24. The van der Waals surface area contributed by atoms with Gasteiger partial charge in [-0.15, -0.1) is 11.3 Å². The average Bonchev–Trinajstić information content (AvgIpc) is 3.32. The number of carbonyl (C=O) groups excluding carboxylic acids is 2. The Labute approximate surface area is 157 Å². The SMILES string of the molecule is CO[C@H](C)C(=O)Nc1cccc(NC(=O)N2CCC[C@H]2c2cccs2)c1. The average molecular weight is 373 g/mol. The molecule has 6 nitrogen and oxygen atoms in total. The number of hydrogen-bond acceptors (Lipinski definition) is 4. The molecule has 0 bridgehead atoms. The predicted molar refractivity (Wildman–Crippen MR) is 104 cm³/mol. The van der Waals surface area contributed by atoms with Crippen LogP contribution in [0.15, 0.2) is 41.8 Å². The van der Waals surface area contributed by atoms with Gasteiger partial charge < -0.3 is 20.3 Å². The summed E-state index contributed by atoms with van der Waals surface area (Å²) in [6.45, 7) is 2.43. The van der Waals surface area contributed by atoms with Gasteiger partial charge in [0.2, 0.25) is 0 Å². The molecule has 26 heavy (non-hydrogen) atoms. The van der Waals surface area contributed by atoms with Crippen molar-refractivity contribution >= 4 is 34.6 Å². The van der Waals surface area contributed by atoms with Crippen molar-refractivity contribution < 1.29 is 14.3 Å². The van der Waals surface area contributed by atoms with Crippen molar-refractivity contribution in [2.45, 2.75) is 31.9 Å². The number of carbonyl (C=O) groups is 2. The minimum atomic E-state index is -0.538. The van der Waals surface area contributed by atoms with Crippen LogP contribution in [0.1, 0.15) is 30.7 Å². The van der Waals surface area contributed by atoms with Gasteiger partial charge in [-0.3, -0.25) is 4.79 Å². The van der Waals surface area contributed by atoms with Gasteiger partial charge in [0.25, 0.3) is 5.91 Å². The number of benzene rings is 1. The second kappa shape index (κ2) is 8.33. The van der Waals surface area contributed by atoms with E-state index in [1.54, 1.807) is 36.5 Å². The summed E-state index contributed by atoms with van der Waals surface area (Å²) in [5.41, 5.74) is 1.27. The van der Waals surface area contributed by atoms with Crippen LogP contribution < -0.4 is 10.6 Å². The summed E-state index contributed by atoms with van der Waals surface area (Å²) in [7, 11) is 1.49. The van der Waals surface area contributed by atoms with Crippen molar-refractivity contribution in [1.82, 2.24) is 4.90 Å². The predicted octanol–water partition coefficient (Wildman–Crippen LogP) is 4.09. The molecular formula is C19H23N3O3S. The number of likely N-dealkylation sites (tertiary alicyclic amines) is 1. The summed E-state index contributed by atoms with van der Waals surface area (Å²) < 4.78 is 5.01.